The Morgan fingerprint density at radius 1 is 1.44 bits per heavy atom. The van der Waals surface area contributed by atoms with E-state index in [0.717, 1.165) is 24.5 Å². The van der Waals surface area contributed by atoms with Crippen LogP contribution >= 0.6 is 11.8 Å². The number of nitrogens with zero attached hydrogens (tertiary/aromatic N) is 3. The van der Waals surface area contributed by atoms with Crippen molar-refractivity contribution >= 4 is 17.7 Å². The van der Waals surface area contributed by atoms with Crippen LogP contribution in [-0.4, -0.2) is 45.8 Å². The standard InChI is InChI=1S/C18H22FN3O2S/c1-21-10-8-20-18(21)25-13-17(23)22-9-4-5-14(11-22)12-24-16-7-3-2-6-15(16)19/h2-3,6-8,10,14H,4-5,9,11-13H2,1H3/t14-/m1/s1. The Balaban J connectivity index is 1.48. The summed E-state index contributed by atoms with van der Waals surface area (Å²) in [5.41, 5.74) is 0. The highest BCUT2D eigenvalue weighted by molar-refractivity contribution is 7.99. The van der Waals surface area contributed by atoms with Crippen LogP contribution < -0.4 is 4.74 Å². The number of imidazole rings is 1. The second-order valence-electron chi connectivity index (χ2n) is 6.20. The molecule has 0 bridgehead atoms. The zero-order chi connectivity index (χ0) is 17.6. The van der Waals surface area contributed by atoms with E-state index in [1.165, 1.54) is 17.8 Å². The Kier molecular flexibility index (Phi) is 5.96. The number of hydrogen-bond donors (Lipinski definition) is 0. The highest BCUT2D eigenvalue weighted by Crippen LogP contribution is 2.22. The molecule has 1 aliphatic rings. The molecule has 1 atom stereocenters. The maximum Gasteiger partial charge on any atom is 0.233 e. The number of benzene rings is 1. The predicted molar refractivity (Wildman–Crippen MR) is 95.1 cm³/mol. The Labute approximate surface area is 151 Å². The van der Waals surface area contributed by atoms with Gasteiger partial charge in [-0.05, 0) is 25.0 Å². The van der Waals surface area contributed by atoms with Crippen molar-refractivity contribution in [1.82, 2.24) is 14.5 Å². The Bertz CT molecular complexity index is 722. The van der Waals surface area contributed by atoms with Crippen molar-refractivity contribution in [2.24, 2.45) is 13.0 Å². The van der Waals surface area contributed by atoms with Gasteiger partial charge in [-0.3, -0.25) is 4.79 Å². The van der Waals surface area contributed by atoms with Crippen molar-refractivity contribution in [3.63, 3.8) is 0 Å². The van der Waals surface area contributed by atoms with Gasteiger partial charge in [-0.25, -0.2) is 9.37 Å². The van der Waals surface area contributed by atoms with Gasteiger partial charge < -0.3 is 14.2 Å². The topological polar surface area (TPSA) is 47.4 Å². The van der Waals surface area contributed by atoms with Gasteiger partial charge in [0, 0.05) is 38.4 Å². The minimum absolute atomic E-state index is 0.114. The van der Waals surface area contributed by atoms with Gasteiger partial charge in [0.15, 0.2) is 16.7 Å². The van der Waals surface area contributed by atoms with Crippen molar-refractivity contribution in [1.29, 1.82) is 0 Å². The fourth-order valence-corrected chi connectivity index (χ4v) is 3.74. The molecule has 0 radical (unpaired) electrons. The first-order valence-corrected chi connectivity index (χ1v) is 9.37. The fraction of sp³-hybridized carbons (Fsp3) is 0.444. The number of carbonyl (C=O) groups excluding carboxylic acids is 1. The molecule has 3 rings (SSSR count). The number of ether oxygens (including phenoxy) is 1. The number of thioether (sulfide) groups is 1. The normalized spacial score (nSPS) is 17.5. The lowest BCUT2D eigenvalue weighted by atomic mass is 9.99. The van der Waals surface area contributed by atoms with E-state index in [1.54, 1.807) is 24.4 Å². The highest BCUT2D eigenvalue weighted by atomic mass is 32.2. The number of carbonyl (C=O) groups is 1. The molecule has 2 heterocycles. The maximum atomic E-state index is 13.6. The molecule has 1 fully saturated rings. The Hall–Kier alpha value is -2.02. The molecule has 134 valence electrons. The summed E-state index contributed by atoms with van der Waals surface area (Å²) in [6, 6.07) is 6.41. The molecule has 1 amide bonds. The molecule has 1 saturated heterocycles. The van der Waals surface area contributed by atoms with Gasteiger partial charge in [0.05, 0.1) is 12.4 Å². The monoisotopic (exact) mass is 363 g/mol. The molecular weight excluding hydrogens is 341 g/mol. The zero-order valence-corrected chi connectivity index (χ0v) is 15.0. The molecule has 1 aliphatic heterocycles. The molecule has 0 aliphatic carbocycles. The first kappa shape index (κ1) is 17.8. The summed E-state index contributed by atoms with van der Waals surface area (Å²) in [7, 11) is 1.91. The molecular formula is C18H22FN3O2S. The lowest BCUT2D eigenvalue weighted by Gasteiger charge is -2.32. The third kappa shape index (κ3) is 4.75. The summed E-state index contributed by atoms with van der Waals surface area (Å²) < 4.78 is 21.1. The van der Waals surface area contributed by atoms with Gasteiger partial charge in [-0.2, -0.15) is 0 Å². The van der Waals surface area contributed by atoms with Crippen LogP contribution in [0.2, 0.25) is 0 Å². The van der Waals surface area contributed by atoms with E-state index in [1.807, 2.05) is 22.7 Å². The summed E-state index contributed by atoms with van der Waals surface area (Å²) in [4.78, 5) is 18.5. The number of aromatic nitrogens is 2. The van der Waals surface area contributed by atoms with Gasteiger partial charge in [-0.1, -0.05) is 23.9 Å². The lowest BCUT2D eigenvalue weighted by Crippen LogP contribution is -2.42. The Morgan fingerprint density at radius 2 is 2.28 bits per heavy atom. The average Bonchev–Trinajstić information content (AvgIpc) is 3.04. The van der Waals surface area contributed by atoms with Crippen LogP contribution in [0.3, 0.4) is 0 Å². The van der Waals surface area contributed by atoms with Crippen molar-refractivity contribution in [2.45, 2.75) is 18.0 Å². The van der Waals surface area contributed by atoms with E-state index in [9.17, 15) is 9.18 Å². The third-order valence-corrected chi connectivity index (χ3v) is 5.33. The quantitative estimate of drug-likeness (QED) is 0.741. The van der Waals surface area contributed by atoms with Crippen LogP contribution in [0.25, 0.3) is 0 Å². The van der Waals surface area contributed by atoms with Gasteiger partial charge in [0.2, 0.25) is 5.91 Å². The number of halogens is 1. The van der Waals surface area contributed by atoms with Crippen LogP contribution in [0.4, 0.5) is 4.39 Å². The molecule has 25 heavy (non-hydrogen) atoms. The second kappa shape index (κ2) is 8.38. The molecule has 1 aromatic carbocycles. The highest BCUT2D eigenvalue weighted by Gasteiger charge is 2.24. The molecule has 0 spiro atoms. The largest absolute Gasteiger partial charge is 0.490 e. The second-order valence-corrected chi connectivity index (χ2v) is 7.14. The minimum atomic E-state index is -0.349. The van der Waals surface area contributed by atoms with Crippen molar-refractivity contribution in [2.75, 3.05) is 25.4 Å². The molecule has 2 aromatic rings. The summed E-state index contributed by atoms with van der Waals surface area (Å²) in [6.07, 6.45) is 5.53. The van der Waals surface area contributed by atoms with Crippen LogP contribution in [0.15, 0.2) is 41.8 Å². The number of aryl methyl sites for hydroxylation is 1. The van der Waals surface area contributed by atoms with E-state index in [4.69, 9.17) is 4.74 Å². The van der Waals surface area contributed by atoms with Crippen molar-refractivity contribution in [3.05, 3.63) is 42.5 Å². The van der Waals surface area contributed by atoms with Crippen LogP contribution in [-0.2, 0) is 11.8 Å². The van der Waals surface area contributed by atoms with Gasteiger partial charge >= 0.3 is 0 Å². The van der Waals surface area contributed by atoms with Gasteiger partial charge in [0.25, 0.3) is 0 Å². The number of amides is 1. The summed E-state index contributed by atoms with van der Waals surface area (Å²) >= 11 is 1.45. The van der Waals surface area contributed by atoms with Crippen LogP contribution in [0, 0.1) is 11.7 Å². The van der Waals surface area contributed by atoms with E-state index in [2.05, 4.69) is 4.98 Å². The van der Waals surface area contributed by atoms with Crippen LogP contribution in [0.1, 0.15) is 12.8 Å². The summed E-state index contributed by atoms with van der Waals surface area (Å²) in [5, 5.41) is 0.838. The minimum Gasteiger partial charge on any atom is -0.490 e. The maximum absolute atomic E-state index is 13.6. The molecule has 7 heteroatoms. The van der Waals surface area contributed by atoms with Gasteiger partial charge in [0.1, 0.15) is 0 Å². The zero-order valence-electron chi connectivity index (χ0n) is 14.2. The number of rotatable bonds is 6. The summed E-state index contributed by atoms with van der Waals surface area (Å²) in [5.74, 6) is 0.652. The molecule has 5 nitrogen and oxygen atoms in total. The predicted octanol–water partition coefficient (Wildman–Crippen LogP) is 2.97. The fourth-order valence-electron chi connectivity index (χ4n) is 2.91. The number of hydrogen-bond acceptors (Lipinski definition) is 4. The molecule has 0 N–H and O–H groups in total. The van der Waals surface area contributed by atoms with E-state index >= 15 is 0 Å². The average molecular weight is 363 g/mol. The van der Waals surface area contributed by atoms with E-state index < -0.39 is 0 Å². The summed E-state index contributed by atoms with van der Waals surface area (Å²) in [6.45, 7) is 1.86. The first-order chi connectivity index (χ1) is 12.1. The smallest absolute Gasteiger partial charge is 0.233 e. The lowest BCUT2D eigenvalue weighted by molar-refractivity contribution is -0.130. The molecule has 0 saturated carbocycles. The van der Waals surface area contributed by atoms with Crippen LogP contribution in [0.5, 0.6) is 5.75 Å². The van der Waals surface area contributed by atoms with Crippen molar-refractivity contribution < 1.29 is 13.9 Å². The van der Waals surface area contributed by atoms with Crippen molar-refractivity contribution in [3.8, 4) is 5.75 Å². The molecule has 0 unspecified atom stereocenters. The van der Waals surface area contributed by atoms with Gasteiger partial charge in [-0.15, -0.1) is 0 Å². The molecule has 1 aromatic heterocycles. The first-order valence-electron chi connectivity index (χ1n) is 8.38. The number of likely N-dealkylation sites (tertiary alicyclic amines) is 1. The number of para-hydroxylation sites is 1. The van der Waals surface area contributed by atoms with E-state index in [-0.39, 0.29) is 23.4 Å². The Morgan fingerprint density at radius 3 is 3.04 bits per heavy atom. The SMILES string of the molecule is Cn1ccnc1SCC(=O)N1CCC[C@@H](COc2ccccc2F)C1. The van der Waals surface area contributed by atoms with E-state index in [0.29, 0.717) is 18.9 Å². The number of piperidine rings is 1. The third-order valence-electron chi connectivity index (χ3n) is 4.28.